The number of benzene rings is 5. The predicted octanol–water partition coefficient (Wildman–Crippen LogP) is 11.3. The predicted molar refractivity (Wildman–Crippen MR) is 178 cm³/mol. The summed E-state index contributed by atoms with van der Waals surface area (Å²) in [4.78, 5) is 0. The SMILES string of the molecule is C/C=C\CC.Cc1ccc(-c2ccc3c(c2)c2cc4c(cc2n3-c2ccccc2)C(C)(C)c2ccccc2-4)cc1C. The zero-order valence-corrected chi connectivity index (χ0v) is 25.1. The highest BCUT2D eigenvalue weighted by Crippen LogP contribution is 2.51. The van der Waals surface area contributed by atoms with E-state index in [0.29, 0.717) is 0 Å². The van der Waals surface area contributed by atoms with Gasteiger partial charge in [0.2, 0.25) is 0 Å². The summed E-state index contributed by atoms with van der Waals surface area (Å²) in [6.07, 6.45) is 5.34. The minimum Gasteiger partial charge on any atom is -0.309 e. The molecule has 1 aliphatic rings. The lowest BCUT2D eigenvalue weighted by Crippen LogP contribution is -2.14. The monoisotopic (exact) mass is 533 g/mol. The number of hydrogen-bond donors (Lipinski definition) is 0. The molecule has 5 aromatic carbocycles. The van der Waals surface area contributed by atoms with E-state index >= 15 is 0 Å². The molecule has 0 aliphatic heterocycles. The average molecular weight is 534 g/mol. The highest BCUT2D eigenvalue weighted by atomic mass is 15.0. The van der Waals surface area contributed by atoms with Gasteiger partial charge in [-0.05, 0) is 108 Å². The van der Waals surface area contributed by atoms with Crippen molar-refractivity contribution in [2.75, 3.05) is 0 Å². The number of fused-ring (bicyclic) bond motifs is 6. The smallest absolute Gasteiger partial charge is 0.0544 e. The first-order valence-corrected chi connectivity index (χ1v) is 14.8. The Balaban J connectivity index is 0.000000559. The normalized spacial score (nSPS) is 13.3. The van der Waals surface area contributed by atoms with Crippen molar-refractivity contribution in [2.45, 2.75) is 53.4 Å². The summed E-state index contributed by atoms with van der Waals surface area (Å²) >= 11 is 0. The highest BCUT2D eigenvalue weighted by Gasteiger charge is 2.36. The van der Waals surface area contributed by atoms with Gasteiger partial charge in [-0.3, -0.25) is 0 Å². The van der Waals surface area contributed by atoms with Crippen molar-refractivity contribution >= 4 is 21.8 Å². The molecule has 0 N–H and O–H groups in total. The number of para-hydroxylation sites is 1. The fourth-order valence-electron chi connectivity index (χ4n) is 6.40. The molecule has 0 radical (unpaired) electrons. The minimum absolute atomic E-state index is 0.0251. The van der Waals surface area contributed by atoms with E-state index in [2.05, 4.69) is 154 Å². The van der Waals surface area contributed by atoms with Gasteiger partial charge in [0, 0.05) is 21.9 Å². The van der Waals surface area contributed by atoms with Crippen LogP contribution in [0.2, 0.25) is 0 Å². The number of allylic oxidation sites excluding steroid dienone is 2. The molecule has 1 aromatic heterocycles. The van der Waals surface area contributed by atoms with Crippen LogP contribution in [-0.4, -0.2) is 4.57 Å². The molecule has 0 atom stereocenters. The van der Waals surface area contributed by atoms with Crippen LogP contribution >= 0.6 is 0 Å². The second-order valence-corrected chi connectivity index (χ2v) is 11.8. The maximum absolute atomic E-state index is 2.45. The van der Waals surface area contributed by atoms with E-state index in [-0.39, 0.29) is 5.41 Å². The molecule has 0 bridgehead atoms. The first-order valence-electron chi connectivity index (χ1n) is 14.8. The second kappa shape index (κ2) is 10.6. The molecule has 1 aliphatic carbocycles. The largest absolute Gasteiger partial charge is 0.309 e. The van der Waals surface area contributed by atoms with Crippen molar-refractivity contribution in [3.05, 3.63) is 138 Å². The quantitative estimate of drug-likeness (QED) is 0.199. The zero-order valence-electron chi connectivity index (χ0n) is 25.1. The summed E-state index contributed by atoms with van der Waals surface area (Å²) in [7, 11) is 0. The van der Waals surface area contributed by atoms with Gasteiger partial charge in [0.05, 0.1) is 11.0 Å². The third kappa shape index (κ3) is 4.50. The molecule has 0 fully saturated rings. The number of hydrogen-bond acceptors (Lipinski definition) is 0. The van der Waals surface area contributed by atoms with Gasteiger partial charge in [-0.15, -0.1) is 0 Å². The van der Waals surface area contributed by atoms with E-state index < -0.39 is 0 Å². The number of aromatic nitrogens is 1. The highest BCUT2D eigenvalue weighted by molar-refractivity contribution is 6.12. The molecule has 0 amide bonds. The maximum atomic E-state index is 2.45. The van der Waals surface area contributed by atoms with Gasteiger partial charge in [0.1, 0.15) is 0 Å². The van der Waals surface area contributed by atoms with E-state index in [4.69, 9.17) is 0 Å². The van der Waals surface area contributed by atoms with Crippen LogP contribution < -0.4 is 0 Å². The van der Waals surface area contributed by atoms with E-state index in [1.807, 2.05) is 6.92 Å². The van der Waals surface area contributed by atoms with Crippen LogP contribution in [0.1, 0.15) is 56.4 Å². The fraction of sp³-hybridized carbons (Fsp3) is 0.200. The Morgan fingerprint density at radius 2 is 1.32 bits per heavy atom. The van der Waals surface area contributed by atoms with Gasteiger partial charge in [-0.1, -0.05) is 99.7 Å². The number of nitrogens with zero attached hydrogens (tertiary/aromatic N) is 1. The van der Waals surface area contributed by atoms with Crippen LogP contribution in [0.15, 0.2) is 115 Å². The molecule has 1 nitrogen and oxygen atoms in total. The Kier molecular flexibility index (Phi) is 6.91. The first-order chi connectivity index (χ1) is 19.8. The molecular weight excluding hydrogens is 494 g/mol. The summed E-state index contributed by atoms with van der Waals surface area (Å²) in [5.41, 5.74) is 14.4. The summed E-state index contributed by atoms with van der Waals surface area (Å²) in [5, 5.41) is 2.61. The summed E-state index contributed by atoms with van der Waals surface area (Å²) in [6, 6.07) is 38.3. The van der Waals surface area contributed by atoms with Crippen molar-refractivity contribution < 1.29 is 0 Å². The third-order valence-electron chi connectivity index (χ3n) is 8.79. The topological polar surface area (TPSA) is 4.93 Å². The molecule has 0 spiro atoms. The summed E-state index contributed by atoms with van der Waals surface area (Å²) in [6.45, 7) is 13.2. The van der Waals surface area contributed by atoms with Gasteiger partial charge in [0.15, 0.2) is 0 Å². The van der Waals surface area contributed by atoms with Crippen molar-refractivity contribution in [1.29, 1.82) is 0 Å². The van der Waals surface area contributed by atoms with Crippen molar-refractivity contribution in [2.24, 2.45) is 0 Å². The Hall–Kier alpha value is -4.36. The van der Waals surface area contributed by atoms with Crippen LogP contribution in [0.5, 0.6) is 0 Å². The number of aryl methyl sites for hydroxylation is 2. The van der Waals surface area contributed by atoms with Crippen LogP contribution in [0.25, 0.3) is 49.7 Å². The first kappa shape index (κ1) is 26.8. The molecule has 1 heteroatoms. The van der Waals surface area contributed by atoms with Gasteiger partial charge >= 0.3 is 0 Å². The Labute approximate surface area is 244 Å². The summed E-state index contributed by atoms with van der Waals surface area (Å²) < 4.78 is 2.44. The molecule has 0 saturated heterocycles. The minimum atomic E-state index is -0.0251. The maximum Gasteiger partial charge on any atom is 0.0544 e. The van der Waals surface area contributed by atoms with Crippen LogP contribution in [0.3, 0.4) is 0 Å². The Morgan fingerprint density at radius 3 is 2.02 bits per heavy atom. The van der Waals surface area contributed by atoms with E-state index in [1.54, 1.807) is 0 Å². The van der Waals surface area contributed by atoms with Gasteiger partial charge in [0.25, 0.3) is 0 Å². The zero-order chi connectivity index (χ0) is 28.7. The molecular formula is C40H39N. The standard InChI is InChI=1S/C35H29N.C5H10/c1-22-14-15-24(18-23(22)2)25-16-17-33-29(19-25)30-20-28-27-12-8-9-13-31(27)35(3,4)32(28)21-34(30)36(33)26-10-6-5-7-11-26;1-3-5-4-2/h5-21H,1-4H3;3,5H,4H2,1-2H3/b;5-3-. The van der Waals surface area contributed by atoms with Crippen LogP contribution in [0, 0.1) is 13.8 Å². The average Bonchev–Trinajstić information content (AvgIpc) is 3.43. The van der Waals surface area contributed by atoms with Crippen LogP contribution in [0.4, 0.5) is 0 Å². The lowest BCUT2D eigenvalue weighted by molar-refractivity contribution is 0.661. The van der Waals surface area contributed by atoms with Crippen molar-refractivity contribution in [1.82, 2.24) is 4.57 Å². The summed E-state index contributed by atoms with van der Waals surface area (Å²) in [5.74, 6) is 0. The van der Waals surface area contributed by atoms with E-state index in [0.717, 1.165) is 6.42 Å². The van der Waals surface area contributed by atoms with Crippen LogP contribution in [-0.2, 0) is 5.41 Å². The molecule has 0 saturated carbocycles. The van der Waals surface area contributed by atoms with Gasteiger partial charge in [-0.25, -0.2) is 0 Å². The van der Waals surface area contributed by atoms with Gasteiger partial charge < -0.3 is 4.57 Å². The molecule has 204 valence electrons. The lowest BCUT2D eigenvalue weighted by atomic mass is 9.82. The molecule has 6 aromatic rings. The fourth-order valence-corrected chi connectivity index (χ4v) is 6.40. The number of rotatable bonds is 3. The Bertz CT molecular complexity index is 1910. The second-order valence-electron chi connectivity index (χ2n) is 11.8. The molecule has 7 rings (SSSR count). The third-order valence-corrected chi connectivity index (χ3v) is 8.79. The van der Waals surface area contributed by atoms with E-state index in [1.165, 1.54) is 72.0 Å². The molecule has 41 heavy (non-hydrogen) atoms. The van der Waals surface area contributed by atoms with Crippen molar-refractivity contribution in [3.8, 4) is 27.9 Å². The van der Waals surface area contributed by atoms with E-state index in [9.17, 15) is 0 Å². The lowest BCUT2D eigenvalue weighted by Gasteiger charge is -2.21. The van der Waals surface area contributed by atoms with Crippen molar-refractivity contribution in [3.63, 3.8) is 0 Å². The van der Waals surface area contributed by atoms with Gasteiger partial charge in [-0.2, -0.15) is 0 Å². The molecule has 1 heterocycles. The Morgan fingerprint density at radius 1 is 0.634 bits per heavy atom. The molecule has 0 unspecified atom stereocenters.